The second-order valence-electron chi connectivity index (χ2n) is 5.13. The Kier molecular flexibility index (Phi) is 3.86. The van der Waals surface area contributed by atoms with Gasteiger partial charge in [0.2, 0.25) is 5.76 Å². The van der Waals surface area contributed by atoms with E-state index in [1.807, 2.05) is 12.1 Å². The minimum absolute atomic E-state index is 0.395. The first-order chi connectivity index (χ1) is 8.20. The van der Waals surface area contributed by atoms with Gasteiger partial charge in [-0.15, -0.1) is 0 Å². The van der Waals surface area contributed by atoms with Crippen molar-refractivity contribution in [3.63, 3.8) is 0 Å². The van der Waals surface area contributed by atoms with Crippen molar-refractivity contribution in [2.45, 2.75) is 45.7 Å². The molecule has 0 aliphatic heterocycles. The summed E-state index contributed by atoms with van der Waals surface area (Å²) in [6, 6.07) is 6.19. The van der Waals surface area contributed by atoms with E-state index < -0.39 is 0 Å². The third kappa shape index (κ3) is 2.89. The summed E-state index contributed by atoms with van der Waals surface area (Å²) >= 11 is 0. The van der Waals surface area contributed by atoms with E-state index in [4.69, 9.17) is 9.68 Å². The molecular formula is C14H20N2O. The second kappa shape index (κ2) is 5.37. The fourth-order valence-electron chi connectivity index (χ4n) is 2.63. The van der Waals surface area contributed by atoms with Crippen molar-refractivity contribution in [2.75, 3.05) is 0 Å². The average molecular weight is 232 g/mol. The SMILES string of the molecule is CC1CCCC(NCc2ccc(C#N)o2)C1C. The van der Waals surface area contributed by atoms with Crippen LogP contribution in [0.25, 0.3) is 0 Å². The van der Waals surface area contributed by atoms with E-state index >= 15 is 0 Å². The molecule has 3 unspecified atom stereocenters. The molecule has 0 saturated heterocycles. The van der Waals surface area contributed by atoms with Gasteiger partial charge in [-0.25, -0.2) is 0 Å². The number of nitrogens with one attached hydrogen (secondary N) is 1. The van der Waals surface area contributed by atoms with E-state index in [2.05, 4.69) is 19.2 Å². The zero-order chi connectivity index (χ0) is 12.3. The first-order valence-corrected chi connectivity index (χ1v) is 6.43. The van der Waals surface area contributed by atoms with Crippen molar-refractivity contribution in [3.8, 4) is 6.07 Å². The first-order valence-electron chi connectivity index (χ1n) is 6.43. The zero-order valence-electron chi connectivity index (χ0n) is 10.6. The van der Waals surface area contributed by atoms with Gasteiger partial charge >= 0.3 is 0 Å². The van der Waals surface area contributed by atoms with Crippen molar-refractivity contribution >= 4 is 0 Å². The lowest BCUT2D eigenvalue weighted by atomic mass is 9.78. The summed E-state index contributed by atoms with van der Waals surface area (Å²) in [4.78, 5) is 0. The number of rotatable bonds is 3. The Morgan fingerprint density at radius 3 is 2.94 bits per heavy atom. The van der Waals surface area contributed by atoms with Gasteiger partial charge in [-0.3, -0.25) is 0 Å². The first kappa shape index (κ1) is 12.2. The van der Waals surface area contributed by atoms with E-state index in [9.17, 15) is 0 Å². The third-order valence-electron chi connectivity index (χ3n) is 4.02. The van der Waals surface area contributed by atoms with E-state index in [0.717, 1.165) is 18.2 Å². The normalized spacial score (nSPS) is 28.9. The minimum Gasteiger partial charge on any atom is -0.449 e. The lowest BCUT2D eigenvalue weighted by molar-refractivity contribution is 0.203. The van der Waals surface area contributed by atoms with Gasteiger partial charge in [0.15, 0.2) is 0 Å². The Bertz CT molecular complexity index is 405. The maximum absolute atomic E-state index is 8.68. The molecule has 1 fully saturated rings. The number of nitriles is 1. The maximum atomic E-state index is 8.68. The molecule has 1 heterocycles. The number of nitrogens with zero attached hydrogens (tertiary/aromatic N) is 1. The number of hydrogen-bond donors (Lipinski definition) is 1. The van der Waals surface area contributed by atoms with Crippen LogP contribution in [0.3, 0.4) is 0 Å². The predicted molar refractivity (Wildman–Crippen MR) is 66.2 cm³/mol. The summed E-state index contributed by atoms with van der Waals surface area (Å²) in [6.07, 6.45) is 3.90. The molecule has 0 aromatic carbocycles. The van der Waals surface area contributed by atoms with Crippen molar-refractivity contribution in [1.29, 1.82) is 5.26 Å². The van der Waals surface area contributed by atoms with Gasteiger partial charge in [0.25, 0.3) is 0 Å². The van der Waals surface area contributed by atoms with Crippen molar-refractivity contribution in [3.05, 3.63) is 23.7 Å². The van der Waals surface area contributed by atoms with E-state index in [1.54, 1.807) is 6.07 Å². The fourth-order valence-corrected chi connectivity index (χ4v) is 2.63. The Labute approximate surface area is 103 Å². The van der Waals surface area contributed by atoms with Gasteiger partial charge in [-0.05, 0) is 30.4 Å². The molecule has 0 radical (unpaired) electrons. The molecule has 0 spiro atoms. The van der Waals surface area contributed by atoms with Gasteiger partial charge < -0.3 is 9.73 Å². The zero-order valence-corrected chi connectivity index (χ0v) is 10.6. The van der Waals surface area contributed by atoms with Crippen molar-refractivity contribution < 1.29 is 4.42 Å². The van der Waals surface area contributed by atoms with Gasteiger partial charge in [0.05, 0.1) is 6.54 Å². The lowest BCUT2D eigenvalue weighted by Gasteiger charge is -2.34. The van der Waals surface area contributed by atoms with Gasteiger partial charge in [0.1, 0.15) is 11.8 Å². The Morgan fingerprint density at radius 2 is 2.24 bits per heavy atom. The summed E-state index contributed by atoms with van der Waals surface area (Å²) in [5.41, 5.74) is 0. The van der Waals surface area contributed by atoms with Crippen LogP contribution in [0.2, 0.25) is 0 Å². The molecule has 17 heavy (non-hydrogen) atoms. The Hall–Kier alpha value is -1.27. The molecular weight excluding hydrogens is 212 g/mol. The molecule has 0 bridgehead atoms. The second-order valence-corrected chi connectivity index (χ2v) is 5.13. The maximum Gasteiger partial charge on any atom is 0.203 e. The summed E-state index contributed by atoms with van der Waals surface area (Å²) in [5.74, 6) is 2.76. The standard InChI is InChI=1S/C14H20N2O/c1-10-4-3-5-14(11(10)2)16-9-13-7-6-12(8-15)17-13/h6-7,10-11,14,16H,3-5,9H2,1-2H3. The van der Waals surface area contributed by atoms with E-state index in [1.165, 1.54) is 19.3 Å². The van der Waals surface area contributed by atoms with Crippen LogP contribution in [0.15, 0.2) is 16.5 Å². The van der Waals surface area contributed by atoms with Crippen LogP contribution in [-0.2, 0) is 6.54 Å². The fraction of sp³-hybridized carbons (Fsp3) is 0.643. The monoisotopic (exact) mass is 232 g/mol. The smallest absolute Gasteiger partial charge is 0.203 e. The molecule has 1 aliphatic rings. The highest BCUT2D eigenvalue weighted by Gasteiger charge is 2.26. The van der Waals surface area contributed by atoms with E-state index in [0.29, 0.717) is 17.7 Å². The van der Waals surface area contributed by atoms with Gasteiger partial charge in [-0.1, -0.05) is 26.7 Å². The summed E-state index contributed by atoms with van der Waals surface area (Å²) in [6.45, 7) is 5.38. The van der Waals surface area contributed by atoms with E-state index in [-0.39, 0.29) is 0 Å². The van der Waals surface area contributed by atoms with Crippen LogP contribution in [0, 0.1) is 23.2 Å². The van der Waals surface area contributed by atoms with Crippen LogP contribution in [0.1, 0.15) is 44.6 Å². The molecule has 92 valence electrons. The van der Waals surface area contributed by atoms with Crippen LogP contribution in [0.4, 0.5) is 0 Å². The Morgan fingerprint density at radius 1 is 1.41 bits per heavy atom. The van der Waals surface area contributed by atoms with Crippen LogP contribution in [-0.4, -0.2) is 6.04 Å². The molecule has 1 saturated carbocycles. The van der Waals surface area contributed by atoms with Crippen LogP contribution in [0.5, 0.6) is 0 Å². The molecule has 3 atom stereocenters. The number of furan rings is 1. The Balaban J connectivity index is 1.87. The van der Waals surface area contributed by atoms with Crippen molar-refractivity contribution in [2.24, 2.45) is 11.8 Å². The largest absolute Gasteiger partial charge is 0.449 e. The molecule has 1 N–H and O–H groups in total. The van der Waals surface area contributed by atoms with Gasteiger partial charge in [-0.2, -0.15) is 5.26 Å². The molecule has 1 aromatic heterocycles. The lowest BCUT2D eigenvalue weighted by Crippen LogP contribution is -2.40. The van der Waals surface area contributed by atoms with Crippen LogP contribution >= 0.6 is 0 Å². The summed E-state index contributed by atoms with van der Waals surface area (Å²) in [5, 5.41) is 12.2. The molecule has 3 heteroatoms. The highest BCUT2D eigenvalue weighted by atomic mass is 16.3. The average Bonchev–Trinajstić information content (AvgIpc) is 2.79. The highest BCUT2D eigenvalue weighted by Crippen LogP contribution is 2.29. The predicted octanol–water partition coefficient (Wildman–Crippen LogP) is 3.07. The van der Waals surface area contributed by atoms with Crippen molar-refractivity contribution in [1.82, 2.24) is 5.32 Å². The molecule has 2 rings (SSSR count). The molecule has 3 nitrogen and oxygen atoms in total. The topological polar surface area (TPSA) is 49.0 Å². The molecule has 0 amide bonds. The van der Waals surface area contributed by atoms with Gasteiger partial charge in [0, 0.05) is 6.04 Å². The highest BCUT2D eigenvalue weighted by molar-refractivity contribution is 5.19. The quantitative estimate of drug-likeness (QED) is 0.871. The summed E-state index contributed by atoms with van der Waals surface area (Å²) in [7, 11) is 0. The summed E-state index contributed by atoms with van der Waals surface area (Å²) < 4.78 is 5.36. The minimum atomic E-state index is 0.395. The molecule has 1 aliphatic carbocycles. The number of hydrogen-bond acceptors (Lipinski definition) is 3. The molecule has 1 aromatic rings. The van der Waals surface area contributed by atoms with Crippen LogP contribution < -0.4 is 5.32 Å². The third-order valence-corrected chi connectivity index (χ3v) is 4.02.